The summed E-state index contributed by atoms with van der Waals surface area (Å²) in [6, 6.07) is 9.98. The number of nitrogens with zero attached hydrogens (tertiary/aromatic N) is 5. The number of rotatable bonds is 4. The van der Waals surface area contributed by atoms with Crippen molar-refractivity contribution in [2.45, 2.75) is 25.8 Å². The number of nitrogens with one attached hydrogen (secondary N) is 1. The molecule has 0 fully saturated rings. The van der Waals surface area contributed by atoms with Gasteiger partial charge in [-0.2, -0.15) is 5.10 Å². The summed E-state index contributed by atoms with van der Waals surface area (Å²) in [5, 5.41) is 11.4. The van der Waals surface area contributed by atoms with Gasteiger partial charge in [0.15, 0.2) is 5.82 Å². The fourth-order valence-corrected chi connectivity index (χ4v) is 3.43. The molecule has 0 unspecified atom stereocenters. The number of hydrogen-bond donors (Lipinski definition) is 1. The number of anilines is 1. The standard InChI is InChI=1S/C21H17FN6O2/c1-21(2)13-10-23-19(24-18(13)25-20(21)29)16-9-17(15-7-8-30-27-15)28(26-16)11-12-5-3-4-6-14(12)22/h3-10H,11H2,1-2H3,(H,23,24,25,29). The first-order chi connectivity index (χ1) is 14.4. The Morgan fingerprint density at radius 1 is 1.20 bits per heavy atom. The van der Waals surface area contributed by atoms with Crippen LogP contribution in [0.15, 0.2) is 53.4 Å². The van der Waals surface area contributed by atoms with E-state index in [4.69, 9.17) is 4.52 Å². The van der Waals surface area contributed by atoms with Crippen LogP contribution in [0.25, 0.3) is 22.9 Å². The lowest BCUT2D eigenvalue weighted by molar-refractivity contribution is -0.119. The molecular weight excluding hydrogens is 387 g/mol. The number of halogens is 1. The Balaban J connectivity index is 1.58. The molecule has 1 aliphatic rings. The average Bonchev–Trinajstić information content (AvgIpc) is 3.43. The molecule has 8 nitrogen and oxygen atoms in total. The van der Waals surface area contributed by atoms with Crippen molar-refractivity contribution in [3.63, 3.8) is 0 Å². The Morgan fingerprint density at radius 2 is 2.03 bits per heavy atom. The van der Waals surface area contributed by atoms with E-state index in [1.807, 2.05) is 13.8 Å². The molecule has 5 rings (SSSR count). The summed E-state index contributed by atoms with van der Waals surface area (Å²) in [6.07, 6.45) is 3.10. The van der Waals surface area contributed by atoms with Gasteiger partial charge in [-0.05, 0) is 26.0 Å². The van der Waals surface area contributed by atoms with Crippen LogP contribution in [-0.4, -0.2) is 30.8 Å². The third-order valence-electron chi connectivity index (χ3n) is 5.25. The minimum atomic E-state index is -0.691. The summed E-state index contributed by atoms with van der Waals surface area (Å²) >= 11 is 0. The van der Waals surface area contributed by atoms with Crippen LogP contribution < -0.4 is 5.32 Å². The molecule has 1 aliphatic heterocycles. The topological polar surface area (TPSA) is 98.7 Å². The van der Waals surface area contributed by atoms with Gasteiger partial charge in [-0.3, -0.25) is 9.48 Å². The van der Waals surface area contributed by atoms with Crippen LogP contribution in [0, 0.1) is 5.82 Å². The Kier molecular flexibility index (Phi) is 3.99. The molecule has 0 saturated heterocycles. The highest BCUT2D eigenvalue weighted by molar-refractivity contribution is 6.04. The summed E-state index contributed by atoms with van der Waals surface area (Å²) in [6.45, 7) is 3.84. The Morgan fingerprint density at radius 3 is 2.80 bits per heavy atom. The molecule has 1 aromatic carbocycles. The van der Waals surface area contributed by atoms with Crippen molar-refractivity contribution >= 4 is 11.7 Å². The van der Waals surface area contributed by atoms with Gasteiger partial charge in [-0.15, -0.1) is 0 Å². The fourth-order valence-electron chi connectivity index (χ4n) is 3.43. The van der Waals surface area contributed by atoms with E-state index in [-0.39, 0.29) is 18.3 Å². The maximum atomic E-state index is 14.2. The normalized spacial score (nSPS) is 14.6. The molecule has 1 amide bonds. The highest BCUT2D eigenvalue weighted by Crippen LogP contribution is 2.36. The van der Waals surface area contributed by atoms with Crippen LogP contribution in [0.2, 0.25) is 0 Å². The van der Waals surface area contributed by atoms with E-state index in [9.17, 15) is 9.18 Å². The van der Waals surface area contributed by atoms with Crippen LogP contribution >= 0.6 is 0 Å². The molecule has 9 heteroatoms. The number of amides is 1. The van der Waals surface area contributed by atoms with Crippen molar-refractivity contribution in [1.29, 1.82) is 0 Å². The maximum absolute atomic E-state index is 14.2. The second-order valence-electron chi connectivity index (χ2n) is 7.58. The van der Waals surface area contributed by atoms with Gasteiger partial charge >= 0.3 is 0 Å². The molecule has 3 aromatic heterocycles. The Bertz CT molecular complexity index is 1260. The third-order valence-corrected chi connectivity index (χ3v) is 5.25. The van der Waals surface area contributed by atoms with E-state index in [0.717, 1.165) is 5.56 Å². The number of carbonyl (C=O) groups is 1. The molecule has 4 heterocycles. The molecule has 0 atom stereocenters. The van der Waals surface area contributed by atoms with E-state index in [1.54, 1.807) is 41.2 Å². The quantitative estimate of drug-likeness (QED) is 0.560. The van der Waals surface area contributed by atoms with Crippen molar-refractivity contribution in [2.24, 2.45) is 0 Å². The zero-order valence-electron chi connectivity index (χ0n) is 16.3. The van der Waals surface area contributed by atoms with Gasteiger partial charge in [0.05, 0.1) is 17.7 Å². The lowest BCUT2D eigenvalue weighted by Crippen LogP contribution is -2.26. The first-order valence-corrected chi connectivity index (χ1v) is 9.35. The molecule has 0 saturated carbocycles. The lowest BCUT2D eigenvalue weighted by atomic mass is 9.88. The molecule has 0 bridgehead atoms. The molecule has 150 valence electrons. The van der Waals surface area contributed by atoms with Crippen LogP contribution in [-0.2, 0) is 16.8 Å². The number of carbonyl (C=O) groups excluding carboxylic acids is 1. The van der Waals surface area contributed by atoms with Gasteiger partial charge in [0.25, 0.3) is 0 Å². The first kappa shape index (κ1) is 18.2. The van der Waals surface area contributed by atoms with Crippen molar-refractivity contribution in [1.82, 2.24) is 24.9 Å². The number of hydrogen-bond acceptors (Lipinski definition) is 6. The maximum Gasteiger partial charge on any atom is 0.235 e. The van der Waals surface area contributed by atoms with E-state index in [2.05, 4.69) is 25.5 Å². The summed E-state index contributed by atoms with van der Waals surface area (Å²) in [5.74, 6) is 0.377. The third kappa shape index (κ3) is 2.86. The SMILES string of the molecule is CC1(C)C(=O)Nc2nc(-c3cc(-c4ccon4)n(Cc4ccccc4F)n3)ncc21. The lowest BCUT2D eigenvalue weighted by Gasteiger charge is -2.13. The van der Waals surface area contributed by atoms with Crippen molar-refractivity contribution < 1.29 is 13.7 Å². The summed E-state index contributed by atoms with van der Waals surface area (Å²) in [4.78, 5) is 21.1. The summed E-state index contributed by atoms with van der Waals surface area (Å²) in [5.41, 5.74) is 2.20. The number of fused-ring (bicyclic) bond motifs is 1. The minimum Gasteiger partial charge on any atom is -0.364 e. The zero-order valence-corrected chi connectivity index (χ0v) is 16.3. The number of benzene rings is 1. The molecule has 4 aromatic rings. The summed E-state index contributed by atoms with van der Waals surface area (Å²) in [7, 11) is 0. The minimum absolute atomic E-state index is 0.127. The zero-order chi connectivity index (χ0) is 20.9. The monoisotopic (exact) mass is 404 g/mol. The van der Waals surface area contributed by atoms with Gasteiger partial charge in [0, 0.05) is 23.4 Å². The van der Waals surface area contributed by atoms with E-state index >= 15 is 0 Å². The molecule has 30 heavy (non-hydrogen) atoms. The molecule has 0 spiro atoms. The molecule has 1 N–H and O–H groups in total. The highest BCUT2D eigenvalue weighted by Gasteiger charge is 2.40. The van der Waals surface area contributed by atoms with Crippen LogP contribution in [0.3, 0.4) is 0 Å². The van der Waals surface area contributed by atoms with E-state index in [1.165, 1.54) is 12.3 Å². The second-order valence-corrected chi connectivity index (χ2v) is 7.58. The van der Waals surface area contributed by atoms with Gasteiger partial charge in [0.2, 0.25) is 5.91 Å². The molecule has 0 radical (unpaired) electrons. The molecule has 0 aliphatic carbocycles. The Hall–Kier alpha value is -3.88. The van der Waals surface area contributed by atoms with Crippen molar-refractivity contribution in [3.05, 3.63) is 65.8 Å². The van der Waals surface area contributed by atoms with Crippen molar-refractivity contribution in [2.75, 3.05) is 5.32 Å². The van der Waals surface area contributed by atoms with Gasteiger partial charge in [-0.25, -0.2) is 14.4 Å². The van der Waals surface area contributed by atoms with Gasteiger partial charge < -0.3 is 9.84 Å². The van der Waals surface area contributed by atoms with Crippen LogP contribution in [0.4, 0.5) is 10.2 Å². The largest absolute Gasteiger partial charge is 0.364 e. The van der Waals surface area contributed by atoms with Crippen molar-refractivity contribution in [3.8, 4) is 22.9 Å². The average molecular weight is 404 g/mol. The Labute approximate surface area is 170 Å². The summed E-state index contributed by atoms with van der Waals surface area (Å²) < 4.78 is 20.8. The van der Waals surface area contributed by atoms with Crippen LogP contribution in [0.1, 0.15) is 25.0 Å². The number of aromatic nitrogens is 5. The first-order valence-electron chi connectivity index (χ1n) is 9.35. The predicted octanol–water partition coefficient (Wildman–Crippen LogP) is 3.41. The second kappa shape index (κ2) is 6.58. The fraction of sp³-hybridized carbons (Fsp3) is 0.190. The van der Waals surface area contributed by atoms with Gasteiger partial charge in [0.1, 0.15) is 29.3 Å². The van der Waals surface area contributed by atoms with Crippen LogP contribution in [0.5, 0.6) is 0 Å². The molecular formula is C21H17FN6O2. The van der Waals surface area contributed by atoms with Gasteiger partial charge in [-0.1, -0.05) is 23.4 Å². The van der Waals surface area contributed by atoms with E-state index < -0.39 is 5.41 Å². The van der Waals surface area contributed by atoms with E-state index in [0.29, 0.717) is 34.3 Å². The predicted molar refractivity (Wildman–Crippen MR) is 106 cm³/mol. The highest BCUT2D eigenvalue weighted by atomic mass is 19.1. The smallest absolute Gasteiger partial charge is 0.235 e.